The van der Waals surface area contributed by atoms with Gasteiger partial charge in [0, 0.05) is 13.1 Å². The smallest absolute Gasteiger partial charge is 0.188 e. The van der Waals surface area contributed by atoms with Gasteiger partial charge in [0.05, 0.1) is 0 Å². The lowest BCUT2D eigenvalue weighted by Crippen LogP contribution is -2.33. The number of hydrogen-bond donors (Lipinski definition) is 2. The molecule has 0 aliphatic heterocycles. The molecule has 17 heavy (non-hydrogen) atoms. The number of guanidine groups is 1. The third-order valence-corrected chi connectivity index (χ3v) is 3.63. The number of rotatable bonds is 5. The second-order valence-electron chi connectivity index (χ2n) is 4.95. The molecule has 0 amide bonds. The number of nitrogens with two attached hydrogens (primary N) is 1. The third-order valence-electron chi connectivity index (χ3n) is 3.63. The Morgan fingerprint density at radius 2 is 2.24 bits per heavy atom. The van der Waals surface area contributed by atoms with E-state index in [1.165, 1.54) is 38.5 Å². The van der Waals surface area contributed by atoms with Crippen molar-refractivity contribution < 1.29 is 0 Å². The Morgan fingerprint density at radius 3 is 2.82 bits per heavy atom. The predicted molar refractivity (Wildman–Crippen MR) is 83.8 cm³/mol. The average Bonchev–Trinajstić information content (AvgIpc) is 2.68. The first kappa shape index (κ1) is 14.8. The van der Waals surface area contributed by atoms with Gasteiger partial charge in [-0.15, -0.1) is 24.0 Å². The van der Waals surface area contributed by atoms with Crippen LogP contribution in [0.1, 0.15) is 44.9 Å². The molecular formula is C13H24IN3. The van der Waals surface area contributed by atoms with E-state index >= 15 is 0 Å². The molecule has 0 aromatic carbocycles. The van der Waals surface area contributed by atoms with Crippen molar-refractivity contribution >= 4 is 29.9 Å². The summed E-state index contributed by atoms with van der Waals surface area (Å²) in [5.74, 6) is 1.43. The van der Waals surface area contributed by atoms with Crippen molar-refractivity contribution in [3.8, 4) is 0 Å². The van der Waals surface area contributed by atoms with Crippen LogP contribution in [0.15, 0.2) is 16.6 Å². The van der Waals surface area contributed by atoms with E-state index in [-0.39, 0.29) is 24.0 Å². The minimum Gasteiger partial charge on any atom is -0.370 e. The SMILES string of the molecule is I.NC(=NCC1CCC1)NCCC1=CCCC1. The summed E-state index contributed by atoms with van der Waals surface area (Å²) in [6.07, 6.45) is 11.4. The molecule has 1 fully saturated rings. The largest absolute Gasteiger partial charge is 0.370 e. The highest BCUT2D eigenvalue weighted by Crippen LogP contribution is 2.26. The molecule has 1 saturated carbocycles. The molecule has 2 rings (SSSR count). The molecule has 0 heterocycles. The maximum atomic E-state index is 5.80. The molecule has 0 bridgehead atoms. The molecule has 2 aliphatic rings. The van der Waals surface area contributed by atoms with Crippen LogP contribution in [0, 0.1) is 5.92 Å². The monoisotopic (exact) mass is 349 g/mol. The van der Waals surface area contributed by atoms with Gasteiger partial charge in [0.25, 0.3) is 0 Å². The topological polar surface area (TPSA) is 50.4 Å². The van der Waals surface area contributed by atoms with E-state index in [0.29, 0.717) is 5.96 Å². The molecule has 0 saturated heterocycles. The van der Waals surface area contributed by atoms with E-state index in [4.69, 9.17) is 5.73 Å². The summed E-state index contributed by atoms with van der Waals surface area (Å²) in [4.78, 5) is 4.37. The number of aliphatic imine (C=N–C) groups is 1. The van der Waals surface area contributed by atoms with Crippen LogP contribution in [-0.2, 0) is 0 Å². The van der Waals surface area contributed by atoms with Crippen molar-refractivity contribution in [3.05, 3.63) is 11.6 Å². The minimum atomic E-state index is 0. The van der Waals surface area contributed by atoms with Crippen LogP contribution in [0.5, 0.6) is 0 Å². The predicted octanol–water partition coefficient (Wildman–Crippen LogP) is 2.81. The Bertz CT molecular complexity index is 282. The van der Waals surface area contributed by atoms with Crippen LogP contribution in [0.25, 0.3) is 0 Å². The van der Waals surface area contributed by atoms with Gasteiger partial charge in [0.1, 0.15) is 0 Å². The molecule has 0 aromatic rings. The van der Waals surface area contributed by atoms with Crippen LogP contribution in [0.3, 0.4) is 0 Å². The molecular weight excluding hydrogens is 325 g/mol. The highest BCUT2D eigenvalue weighted by molar-refractivity contribution is 14.0. The molecule has 2 aliphatic carbocycles. The number of hydrogen-bond acceptors (Lipinski definition) is 1. The van der Waals surface area contributed by atoms with Crippen LogP contribution in [-0.4, -0.2) is 19.0 Å². The maximum Gasteiger partial charge on any atom is 0.188 e. The highest BCUT2D eigenvalue weighted by Gasteiger charge is 2.16. The van der Waals surface area contributed by atoms with Gasteiger partial charge in [-0.05, 0) is 44.4 Å². The summed E-state index contributed by atoms with van der Waals surface area (Å²) >= 11 is 0. The van der Waals surface area contributed by atoms with E-state index in [1.807, 2.05) is 0 Å². The molecule has 3 nitrogen and oxygen atoms in total. The average molecular weight is 349 g/mol. The molecule has 0 unspecified atom stereocenters. The van der Waals surface area contributed by atoms with E-state index in [2.05, 4.69) is 16.4 Å². The first-order valence-corrected chi connectivity index (χ1v) is 6.56. The quantitative estimate of drug-likeness (QED) is 0.347. The Balaban J connectivity index is 0.00000144. The van der Waals surface area contributed by atoms with E-state index in [1.54, 1.807) is 5.57 Å². The summed E-state index contributed by atoms with van der Waals surface area (Å²) < 4.78 is 0. The van der Waals surface area contributed by atoms with Gasteiger partial charge in [0.15, 0.2) is 5.96 Å². The zero-order chi connectivity index (χ0) is 11.2. The van der Waals surface area contributed by atoms with Crippen LogP contribution >= 0.6 is 24.0 Å². The molecule has 0 atom stereocenters. The van der Waals surface area contributed by atoms with Gasteiger partial charge in [-0.2, -0.15) is 0 Å². The standard InChI is InChI=1S/C13H23N3.HI/c14-13(16-10-12-6-3-7-12)15-9-8-11-4-1-2-5-11;/h4,12H,1-3,5-10H2,(H3,14,15,16);1H. The Kier molecular flexibility index (Phi) is 6.92. The number of nitrogens with one attached hydrogen (secondary N) is 1. The number of nitrogens with zero attached hydrogens (tertiary/aromatic N) is 1. The van der Waals surface area contributed by atoms with Crippen LogP contribution < -0.4 is 11.1 Å². The first-order valence-electron chi connectivity index (χ1n) is 6.56. The normalized spacial score (nSPS) is 20.5. The highest BCUT2D eigenvalue weighted by atomic mass is 127. The first-order chi connectivity index (χ1) is 7.84. The van der Waals surface area contributed by atoms with E-state index < -0.39 is 0 Å². The summed E-state index contributed by atoms with van der Waals surface area (Å²) in [6.45, 7) is 1.85. The molecule has 0 spiro atoms. The second kappa shape index (κ2) is 7.95. The van der Waals surface area contributed by atoms with Crippen molar-refractivity contribution in [2.75, 3.05) is 13.1 Å². The van der Waals surface area contributed by atoms with Crippen molar-refractivity contribution in [2.45, 2.75) is 44.9 Å². The maximum absolute atomic E-state index is 5.80. The number of halogens is 1. The molecule has 98 valence electrons. The van der Waals surface area contributed by atoms with Gasteiger partial charge in [-0.1, -0.05) is 18.1 Å². The second-order valence-corrected chi connectivity index (χ2v) is 4.95. The number of allylic oxidation sites excluding steroid dienone is 1. The summed E-state index contributed by atoms with van der Waals surface area (Å²) in [6, 6.07) is 0. The summed E-state index contributed by atoms with van der Waals surface area (Å²) in [5, 5.41) is 3.20. The van der Waals surface area contributed by atoms with E-state index in [0.717, 1.165) is 25.4 Å². The van der Waals surface area contributed by atoms with Gasteiger partial charge >= 0.3 is 0 Å². The van der Waals surface area contributed by atoms with Crippen LogP contribution in [0.4, 0.5) is 0 Å². The molecule has 0 aromatic heterocycles. The van der Waals surface area contributed by atoms with Gasteiger partial charge in [0.2, 0.25) is 0 Å². The zero-order valence-corrected chi connectivity index (χ0v) is 12.8. The van der Waals surface area contributed by atoms with Crippen molar-refractivity contribution in [1.82, 2.24) is 5.32 Å². The summed E-state index contributed by atoms with van der Waals surface area (Å²) in [7, 11) is 0. The Labute approximate surface area is 121 Å². The van der Waals surface area contributed by atoms with Gasteiger partial charge in [-0.3, -0.25) is 4.99 Å². The fourth-order valence-corrected chi connectivity index (χ4v) is 2.27. The fraction of sp³-hybridized carbons (Fsp3) is 0.769. The lowest BCUT2D eigenvalue weighted by atomic mass is 9.86. The van der Waals surface area contributed by atoms with Gasteiger partial charge < -0.3 is 11.1 Å². The van der Waals surface area contributed by atoms with Crippen LogP contribution in [0.2, 0.25) is 0 Å². The molecule has 0 radical (unpaired) electrons. The fourth-order valence-electron chi connectivity index (χ4n) is 2.27. The minimum absolute atomic E-state index is 0. The van der Waals surface area contributed by atoms with Crippen molar-refractivity contribution in [1.29, 1.82) is 0 Å². The lowest BCUT2D eigenvalue weighted by Gasteiger charge is -2.23. The molecule has 3 N–H and O–H groups in total. The summed E-state index contributed by atoms with van der Waals surface area (Å²) in [5.41, 5.74) is 7.39. The third kappa shape index (κ3) is 5.27. The zero-order valence-electron chi connectivity index (χ0n) is 10.5. The lowest BCUT2D eigenvalue weighted by molar-refractivity contribution is 0.326. The van der Waals surface area contributed by atoms with Gasteiger partial charge in [-0.25, -0.2) is 0 Å². The Hall–Kier alpha value is -0.260. The van der Waals surface area contributed by atoms with Crippen molar-refractivity contribution in [3.63, 3.8) is 0 Å². The van der Waals surface area contributed by atoms with E-state index in [9.17, 15) is 0 Å². The van der Waals surface area contributed by atoms with Crippen molar-refractivity contribution in [2.24, 2.45) is 16.6 Å². The molecule has 4 heteroatoms. The Morgan fingerprint density at radius 1 is 1.41 bits per heavy atom.